The summed E-state index contributed by atoms with van der Waals surface area (Å²) >= 11 is 0. The molecule has 2 aliphatic heterocycles. The van der Waals surface area contributed by atoms with Gasteiger partial charge in [-0.25, -0.2) is 0 Å². The lowest BCUT2D eigenvalue weighted by Gasteiger charge is -2.41. The standard InChI is InChI=1S/C22H41NO3/c1-17(2)23(15-19-7-6-14-24-19)13-10-20-16-25-22(26-20)11-8-18(9-12-22)21(3,4)5/h17-20H,6-16H2,1-5H3. The highest BCUT2D eigenvalue weighted by Gasteiger charge is 2.45. The highest BCUT2D eigenvalue weighted by Crippen LogP contribution is 2.45. The fourth-order valence-electron chi connectivity index (χ4n) is 4.86. The highest BCUT2D eigenvalue weighted by atomic mass is 16.7. The van der Waals surface area contributed by atoms with E-state index in [1.54, 1.807) is 0 Å². The molecular formula is C22H41NO3. The summed E-state index contributed by atoms with van der Waals surface area (Å²) in [5, 5.41) is 0. The molecule has 2 unspecified atom stereocenters. The van der Waals surface area contributed by atoms with Crippen molar-refractivity contribution in [3.8, 4) is 0 Å². The molecule has 4 heteroatoms. The quantitative estimate of drug-likeness (QED) is 0.686. The molecule has 0 aromatic rings. The highest BCUT2D eigenvalue weighted by molar-refractivity contribution is 4.89. The summed E-state index contributed by atoms with van der Waals surface area (Å²) in [5.41, 5.74) is 0.402. The molecule has 3 aliphatic rings. The van der Waals surface area contributed by atoms with Gasteiger partial charge in [-0.3, -0.25) is 4.90 Å². The van der Waals surface area contributed by atoms with Gasteiger partial charge in [0.05, 0.1) is 18.8 Å². The third-order valence-electron chi connectivity index (χ3n) is 6.82. The van der Waals surface area contributed by atoms with E-state index in [0.29, 0.717) is 17.6 Å². The molecule has 2 saturated heterocycles. The van der Waals surface area contributed by atoms with Gasteiger partial charge in [-0.1, -0.05) is 20.8 Å². The van der Waals surface area contributed by atoms with Crippen molar-refractivity contribution in [1.29, 1.82) is 0 Å². The van der Waals surface area contributed by atoms with Crippen LogP contribution in [0.1, 0.15) is 79.6 Å². The average Bonchev–Trinajstić information content (AvgIpc) is 3.21. The van der Waals surface area contributed by atoms with E-state index < -0.39 is 0 Å². The van der Waals surface area contributed by atoms with Crippen LogP contribution < -0.4 is 0 Å². The minimum absolute atomic E-state index is 0.256. The van der Waals surface area contributed by atoms with E-state index in [2.05, 4.69) is 39.5 Å². The fraction of sp³-hybridized carbons (Fsp3) is 1.00. The second-order valence-electron chi connectivity index (χ2n) is 10.1. The minimum atomic E-state index is -0.274. The summed E-state index contributed by atoms with van der Waals surface area (Å²) in [6, 6.07) is 0.553. The zero-order valence-electron chi connectivity index (χ0n) is 17.8. The molecule has 0 radical (unpaired) electrons. The lowest BCUT2D eigenvalue weighted by atomic mass is 9.71. The van der Waals surface area contributed by atoms with E-state index >= 15 is 0 Å². The van der Waals surface area contributed by atoms with Crippen molar-refractivity contribution in [2.45, 2.75) is 104 Å². The van der Waals surface area contributed by atoms with Crippen LogP contribution in [0.2, 0.25) is 0 Å². The molecule has 2 atom stereocenters. The monoisotopic (exact) mass is 367 g/mol. The molecular weight excluding hydrogens is 326 g/mol. The number of hydrogen-bond acceptors (Lipinski definition) is 4. The van der Waals surface area contributed by atoms with Gasteiger partial charge in [0.2, 0.25) is 0 Å². The SMILES string of the molecule is CC(C)N(CCC1COC2(CCC(C(C)(C)C)CC2)O1)CC1CCCO1. The Balaban J connectivity index is 1.44. The molecule has 3 rings (SSSR count). The normalized spacial score (nSPS) is 35.9. The van der Waals surface area contributed by atoms with Crippen LogP contribution in [0.3, 0.4) is 0 Å². The molecule has 0 aromatic heterocycles. The van der Waals surface area contributed by atoms with Crippen molar-refractivity contribution in [3.05, 3.63) is 0 Å². The molecule has 0 amide bonds. The average molecular weight is 368 g/mol. The summed E-state index contributed by atoms with van der Waals surface area (Å²) in [6.45, 7) is 15.5. The van der Waals surface area contributed by atoms with Crippen LogP contribution in [0.15, 0.2) is 0 Å². The summed E-state index contributed by atoms with van der Waals surface area (Å²) in [6.07, 6.45) is 8.77. The molecule has 1 saturated carbocycles. The van der Waals surface area contributed by atoms with Gasteiger partial charge in [-0.05, 0) is 57.3 Å². The van der Waals surface area contributed by atoms with Crippen molar-refractivity contribution in [2.75, 3.05) is 26.3 Å². The van der Waals surface area contributed by atoms with Crippen LogP contribution in [0, 0.1) is 11.3 Å². The Kier molecular flexibility index (Phi) is 6.70. The first-order chi connectivity index (χ1) is 12.3. The van der Waals surface area contributed by atoms with Gasteiger partial charge in [0.1, 0.15) is 0 Å². The zero-order valence-corrected chi connectivity index (χ0v) is 17.8. The zero-order chi connectivity index (χ0) is 18.8. The van der Waals surface area contributed by atoms with Gasteiger partial charge < -0.3 is 14.2 Å². The maximum Gasteiger partial charge on any atom is 0.168 e. The Morgan fingerprint density at radius 3 is 2.38 bits per heavy atom. The van der Waals surface area contributed by atoms with Crippen molar-refractivity contribution >= 4 is 0 Å². The Hall–Kier alpha value is -0.160. The van der Waals surface area contributed by atoms with E-state index in [1.165, 1.54) is 25.7 Å². The van der Waals surface area contributed by atoms with Gasteiger partial charge >= 0.3 is 0 Å². The van der Waals surface area contributed by atoms with E-state index in [1.807, 2.05) is 0 Å². The minimum Gasteiger partial charge on any atom is -0.377 e. The lowest BCUT2D eigenvalue weighted by molar-refractivity contribution is -0.197. The Morgan fingerprint density at radius 2 is 1.81 bits per heavy atom. The van der Waals surface area contributed by atoms with Crippen LogP contribution in [0.4, 0.5) is 0 Å². The maximum atomic E-state index is 6.47. The Bertz CT molecular complexity index is 431. The second-order valence-corrected chi connectivity index (χ2v) is 10.1. The first-order valence-electron chi connectivity index (χ1n) is 10.9. The van der Waals surface area contributed by atoms with Crippen LogP contribution in [0.25, 0.3) is 0 Å². The molecule has 0 aromatic carbocycles. The molecule has 152 valence electrons. The van der Waals surface area contributed by atoms with Gasteiger partial charge in [0.15, 0.2) is 5.79 Å². The predicted molar refractivity (Wildman–Crippen MR) is 105 cm³/mol. The van der Waals surface area contributed by atoms with E-state index in [0.717, 1.165) is 51.5 Å². The topological polar surface area (TPSA) is 30.9 Å². The van der Waals surface area contributed by atoms with Gasteiger partial charge in [-0.2, -0.15) is 0 Å². The molecule has 0 bridgehead atoms. The van der Waals surface area contributed by atoms with Gasteiger partial charge in [0.25, 0.3) is 0 Å². The second kappa shape index (κ2) is 8.46. The van der Waals surface area contributed by atoms with Crippen molar-refractivity contribution in [2.24, 2.45) is 11.3 Å². The third kappa shape index (κ3) is 5.21. The molecule has 3 fully saturated rings. The Labute approximate surface area is 160 Å². The third-order valence-corrected chi connectivity index (χ3v) is 6.82. The summed E-state index contributed by atoms with van der Waals surface area (Å²) in [5.74, 6) is 0.520. The largest absolute Gasteiger partial charge is 0.377 e. The smallest absolute Gasteiger partial charge is 0.168 e. The Morgan fingerprint density at radius 1 is 1.08 bits per heavy atom. The molecule has 0 N–H and O–H groups in total. The lowest BCUT2D eigenvalue weighted by Crippen LogP contribution is -2.40. The van der Waals surface area contributed by atoms with Gasteiger partial charge in [0, 0.05) is 38.6 Å². The summed E-state index contributed by atoms with van der Waals surface area (Å²) < 4.78 is 18.5. The van der Waals surface area contributed by atoms with Crippen molar-refractivity contribution in [1.82, 2.24) is 4.90 Å². The van der Waals surface area contributed by atoms with Crippen LogP contribution in [-0.2, 0) is 14.2 Å². The number of rotatable bonds is 6. The number of ether oxygens (including phenoxy) is 3. The van der Waals surface area contributed by atoms with Crippen molar-refractivity contribution in [3.63, 3.8) is 0 Å². The fourth-order valence-corrected chi connectivity index (χ4v) is 4.86. The molecule has 4 nitrogen and oxygen atoms in total. The predicted octanol–water partition coefficient (Wildman–Crippen LogP) is 4.61. The number of hydrogen-bond donors (Lipinski definition) is 0. The van der Waals surface area contributed by atoms with Crippen LogP contribution in [-0.4, -0.2) is 55.2 Å². The summed E-state index contributed by atoms with van der Waals surface area (Å²) in [4.78, 5) is 2.56. The molecule has 1 spiro atoms. The molecule has 1 aliphatic carbocycles. The van der Waals surface area contributed by atoms with E-state index in [4.69, 9.17) is 14.2 Å². The van der Waals surface area contributed by atoms with Crippen LogP contribution >= 0.6 is 0 Å². The van der Waals surface area contributed by atoms with E-state index in [-0.39, 0.29) is 11.9 Å². The first kappa shape index (κ1) is 20.6. The van der Waals surface area contributed by atoms with Gasteiger partial charge in [-0.15, -0.1) is 0 Å². The summed E-state index contributed by atoms with van der Waals surface area (Å²) in [7, 11) is 0. The van der Waals surface area contributed by atoms with E-state index in [9.17, 15) is 0 Å². The maximum absolute atomic E-state index is 6.47. The van der Waals surface area contributed by atoms with Crippen molar-refractivity contribution < 1.29 is 14.2 Å². The molecule has 2 heterocycles. The first-order valence-corrected chi connectivity index (χ1v) is 10.9. The molecule has 26 heavy (non-hydrogen) atoms. The van der Waals surface area contributed by atoms with Crippen LogP contribution in [0.5, 0.6) is 0 Å². The number of nitrogens with zero attached hydrogens (tertiary/aromatic N) is 1.